The number of rotatable bonds is 6. The van der Waals surface area contributed by atoms with Crippen LogP contribution in [0.15, 0.2) is 42.5 Å². The summed E-state index contributed by atoms with van der Waals surface area (Å²) in [6.45, 7) is 3.76. The molecule has 112 valence electrons. The summed E-state index contributed by atoms with van der Waals surface area (Å²) in [5.41, 5.74) is 3.31. The second kappa shape index (κ2) is 7.34. The first-order chi connectivity index (χ1) is 10.2. The third-order valence-corrected chi connectivity index (χ3v) is 3.82. The lowest BCUT2D eigenvalue weighted by molar-refractivity contribution is 0.415. The monoisotopic (exact) mass is 304 g/mol. The van der Waals surface area contributed by atoms with Gasteiger partial charge >= 0.3 is 0 Å². The molecule has 0 atom stereocenters. The Hall–Kier alpha value is -1.71. The Morgan fingerprint density at radius 3 is 2.48 bits per heavy atom. The topological polar surface area (TPSA) is 24.5 Å². The van der Waals surface area contributed by atoms with Crippen molar-refractivity contribution in [3.63, 3.8) is 0 Å². The van der Waals surface area contributed by atoms with Crippen LogP contribution in [-0.2, 0) is 6.54 Å². The molecule has 0 fully saturated rings. The number of benzene rings is 2. The summed E-state index contributed by atoms with van der Waals surface area (Å²) >= 11 is 6.36. The van der Waals surface area contributed by atoms with Crippen LogP contribution in [0.5, 0.6) is 5.75 Å². The summed E-state index contributed by atoms with van der Waals surface area (Å²) in [5, 5.41) is 4.13. The minimum atomic E-state index is 0.756. The van der Waals surface area contributed by atoms with Gasteiger partial charge in [0, 0.05) is 35.6 Å². The third-order valence-electron chi connectivity index (χ3n) is 3.47. The van der Waals surface area contributed by atoms with E-state index in [1.807, 2.05) is 43.4 Å². The molecule has 0 aliphatic rings. The predicted octanol–water partition coefficient (Wildman–Crippen LogP) is 4.23. The number of nitrogens with zero attached hydrogens (tertiary/aromatic N) is 1. The maximum Gasteiger partial charge on any atom is 0.119 e. The molecule has 21 heavy (non-hydrogen) atoms. The largest absolute Gasteiger partial charge is 0.497 e. The van der Waals surface area contributed by atoms with Crippen molar-refractivity contribution in [1.29, 1.82) is 0 Å². The second-order valence-corrected chi connectivity index (χ2v) is 5.18. The number of methoxy groups -OCH3 is 1. The van der Waals surface area contributed by atoms with Crippen LogP contribution in [0.2, 0.25) is 5.02 Å². The Morgan fingerprint density at radius 1 is 1.14 bits per heavy atom. The van der Waals surface area contributed by atoms with Crippen molar-refractivity contribution in [1.82, 2.24) is 5.32 Å². The number of ether oxygens (including phenoxy) is 1. The van der Waals surface area contributed by atoms with Gasteiger partial charge in [0.2, 0.25) is 0 Å². The van der Waals surface area contributed by atoms with Crippen molar-refractivity contribution < 1.29 is 4.74 Å². The molecule has 0 bridgehead atoms. The van der Waals surface area contributed by atoms with Gasteiger partial charge in [-0.25, -0.2) is 0 Å². The van der Waals surface area contributed by atoms with Crippen molar-refractivity contribution in [3.05, 3.63) is 53.1 Å². The first-order valence-corrected chi connectivity index (χ1v) is 7.41. The first-order valence-electron chi connectivity index (χ1n) is 7.03. The molecular formula is C17H21ClN2O. The molecule has 0 aromatic heterocycles. The molecule has 4 heteroatoms. The van der Waals surface area contributed by atoms with E-state index in [4.69, 9.17) is 16.3 Å². The molecule has 0 saturated carbocycles. The Morgan fingerprint density at radius 2 is 1.86 bits per heavy atom. The molecule has 1 N–H and O–H groups in total. The van der Waals surface area contributed by atoms with Gasteiger partial charge in [-0.05, 0) is 42.9 Å². The third kappa shape index (κ3) is 3.69. The van der Waals surface area contributed by atoms with Crippen LogP contribution in [0.1, 0.15) is 12.5 Å². The molecule has 0 aliphatic carbocycles. The van der Waals surface area contributed by atoms with Gasteiger partial charge in [-0.15, -0.1) is 0 Å². The SMILES string of the molecule is CCNCc1c(Cl)cccc1N(C)c1ccc(OC)cc1. The number of hydrogen-bond donors (Lipinski definition) is 1. The number of anilines is 2. The first kappa shape index (κ1) is 15.7. The summed E-state index contributed by atoms with van der Waals surface area (Å²) in [4.78, 5) is 2.14. The van der Waals surface area contributed by atoms with Crippen LogP contribution in [0.25, 0.3) is 0 Å². The Kier molecular flexibility index (Phi) is 5.48. The Bertz CT molecular complexity index is 584. The average molecular weight is 305 g/mol. The highest BCUT2D eigenvalue weighted by Gasteiger charge is 2.12. The summed E-state index contributed by atoms with van der Waals surface area (Å²) in [6, 6.07) is 14.0. The van der Waals surface area contributed by atoms with Gasteiger partial charge < -0.3 is 15.0 Å². The lowest BCUT2D eigenvalue weighted by Gasteiger charge is -2.23. The molecule has 0 aliphatic heterocycles. The van der Waals surface area contributed by atoms with E-state index in [9.17, 15) is 0 Å². The zero-order valence-corrected chi connectivity index (χ0v) is 13.4. The Balaban J connectivity index is 2.32. The lowest BCUT2D eigenvalue weighted by Crippen LogP contribution is -2.17. The van der Waals surface area contributed by atoms with Crippen molar-refractivity contribution in [3.8, 4) is 5.75 Å². The van der Waals surface area contributed by atoms with Crippen LogP contribution in [0.4, 0.5) is 11.4 Å². The van der Waals surface area contributed by atoms with Crippen LogP contribution in [-0.4, -0.2) is 20.7 Å². The van der Waals surface area contributed by atoms with Crippen molar-refractivity contribution in [2.75, 3.05) is 25.6 Å². The van der Waals surface area contributed by atoms with Crippen LogP contribution >= 0.6 is 11.6 Å². The standard InChI is InChI=1S/C17H21ClN2O/c1-4-19-12-15-16(18)6-5-7-17(15)20(2)13-8-10-14(21-3)11-9-13/h5-11,19H,4,12H2,1-3H3. The zero-order chi connectivity index (χ0) is 15.2. The fraction of sp³-hybridized carbons (Fsp3) is 0.294. The van der Waals surface area contributed by atoms with Crippen LogP contribution in [0, 0.1) is 0 Å². The van der Waals surface area contributed by atoms with Crippen LogP contribution < -0.4 is 15.0 Å². The van der Waals surface area contributed by atoms with Gasteiger partial charge in [0.05, 0.1) is 7.11 Å². The van der Waals surface area contributed by atoms with Gasteiger partial charge in [0.15, 0.2) is 0 Å². The molecule has 2 rings (SSSR count). The van der Waals surface area contributed by atoms with E-state index >= 15 is 0 Å². The Labute approximate surface area is 131 Å². The normalized spacial score (nSPS) is 10.5. The van der Waals surface area contributed by atoms with E-state index in [-0.39, 0.29) is 0 Å². The summed E-state index contributed by atoms with van der Waals surface area (Å²) in [7, 11) is 3.72. The average Bonchev–Trinajstić information content (AvgIpc) is 2.53. The number of hydrogen-bond acceptors (Lipinski definition) is 3. The van der Waals surface area contributed by atoms with E-state index in [0.717, 1.165) is 40.8 Å². The van der Waals surface area contributed by atoms with Crippen molar-refractivity contribution >= 4 is 23.0 Å². The van der Waals surface area contributed by atoms with Gasteiger partial charge in [0.25, 0.3) is 0 Å². The molecule has 0 radical (unpaired) electrons. The molecule has 0 saturated heterocycles. The number of nitrogens with one attached hydrogen (secondary N) is 1. The highest BCUT2D eigenvalue weighted by atomic mass is 35.5. The van der Waals surface area contributed by atoms with Gasteiger partial charge in [-0.3, -0.25) is 0 Å². The predicted molar refractivity (Wildman–Crippen MR) is 89.9 cm³/mol. The second-order valence-electron chi connectivity index (χ2n) is 4.77. The highest BCUT2D eigenvalue weighted by molar-refractivity contribution is 6.31. The maximum absolute atomic E-state index is 6.36. The molecule has 2 aromatic rings. The highest BCUT2D eigenvalue weighted by Crippen LogP contribution is 2.32. The molecule has 0 spiro atoms. The molecule has 3 nitrogen and oxygen atoms in total. The fourth-order valence-corrected chi connectivity index (χ4v) is 2.47. The molecule has 0 unspecified atom stereocenters. The minimum Gasteiger partial charge on any atom is -0.497 e. The smallest absolute Gasteiger partial charge is 0.119 e. The summed E-state index contributed by atoms with van der Waals surface area (Å²) in [5.74, 6) is 0.853. The molecule has 0 heterocycles. The summed E-state index contributed by atoms with van der Waals surface area (Å²) < 4.78 is 5.20. The lowest BCUT2D eigenvalue weighted by atomic mass is 10.1. The van der Waals surface area contributed by atoms with Crippen molar-refractivity contribution in [2.45, 2.75) is 13.5 Å². The van der Waals surface area contributed by atoms with Gasteiger partial charge in [0.1, 0.15) is 5.75 Å². The minimum absolute atomic E-state index is 0.756. The zero-order valence-electron chi connectivity index (χ0n) is 12.7. The van der Waals surface area contributed by atoms with E-state index in [0.29, 0.717) is 0 Å². The molecule has 2 aromatic carbocycles. The fourth-order valence-electron chi connectivity index (χ4n) is 2.23. The van der Waals surface area contributed by atoms with Crippen molar-refractivity contribution in [2.24, 2.45) is 0 Å². The molecular weight excluding hydrogens is 284 g/mol. The van der Waals surface area contributed by atoms with Gasteiger partial charge in [-0.2, -0.15) is 0 Å². The summed E-state index contributed by atoms with van der Waals surface area (Å²) in [6.07, 6.45) is 0. The van der Waals surface area contributed by atoms with Crippen LogP contribution in [0.3, 0.4) is 0 Å². The van der Waals surface area contributed by atoms with E-state index in [1.54, 1.807) is 7.11 Å². The van der Waals surface area contributed by atoms with E-state index in [1.165, 1.54) is 0 Å². The van der Waals surface area contributed by atoms with Gasteiger partial charge in [-0.1, -0.05) is 24.6 Å². The van der Waals surface area contributed by atoms with E-state index in [2.05, 4.69) is 23.2 Å². The van der Waals surface area contributed by atoms with E-state index < -0.39 is 0 Å². The number of halogens is 1. The maximum atomic E-state index is 6.36. The molecule has 0 amide bonds. The quantitative estimate of drug-likeness (QED) is 0.864.